The van der Waals surface area contributed by atoms with Crippen molar-refractivity contribution in [3.8, 4) is 11.8 Å². The van der Waals surface area contributed by atoms with Gasteiger partial charge in [-0.05, 0) is 18.6 Å². The SMILES string of the molecule is CCCCCCOCc1ccc(C#CCCO)cc1F. The van der Waals surface area contributed by atoms with Crippen LogP contribution in [0.5, 0.6) is 0 Å². The Kier molecular flexibility index (Phi) is 8.69. The molecule has 0 aliphatic carbocycles. The topological polar surface area (TPSA) is 29.5 Å². The molecule has 0 fully saturated rings. The number of aliphatic hydroxyl groups is 1. The highest BCUT2D eigenvalue weighted by atomic mass is 19.1. The highest BCUT2D eigenvalue weighted by Gasteiger charge is 2.02. The van der Waals surface area contributed by atoms with Crippen LogP contribution in [-0.4, -0.2) is 18.3 Å². The number of aliphatic hydroxyl groups excluding tert-OH is 1. The molecule has 0 aliphatic heterocycles. The van der Waals surface area contributed by atoms with Crippen molar-refractivity contribution in [2.24, 2.45) is 0 Å². The molecular formula is C17H23FO2. The maximum absolute atomic E-state index is 13.8. The van der Waals surface area contributed by atoms with E-state index in [1.54, 1.807) is 12.1 Å². The van der Waals surface area contributed by atoms with Crippen LogP contribution in [0.1, 0.15) is 50.2 Å². The molecule has 3 heteroatoms. The Labute approximate surface area is 121 Å². The van der Waals surface area contributed by atoms with Gasteiger partial charge in [-0.25, -0.2) is 4.39 Å². The number of hydrogen-bond acceptors (Lipinski definition) is 2. The second kappa shape index (κ2) is 10.4. The van der Waals surface area contributed by atoms with Crippen LogP contribution in [0.4, 0.5) is 4.39 Å². The Balaban J connectivity index is 2.38. The second-order valence-corrected chi connectivity index (χ2v) is 4.69. The lowest BCUT2D eigenvalue weighted by Crippen LogP contribution is -1.98. The molecule has 2 nitrogen and oxygen atoms in total. The van der Waals surface area contributed by atoms with E-state index in [4.69, 9.17) is 9.84 Å². The first-order valence-corrected chi connectivity index (χ1v) is 7.23. The van der Waals surface area contributed by atoms with E-state index in [1.807, 2.05) is 0 Å². The third kappa shape index (κ3) is 6.70. The predicted molar refractivity (Wildman–Crippen MR) is 78.8 cm³/mol. The van der Waals surface area contributed by atoms with Crippen molar-refractivity contribution in [1.82, 2.24) is 0 Å². The normalized spacial score (nSPS) is 10.2. The van der Waals surface area contributed by atoms with Crippen LogP contribution in [0.3, 0.4) is 0 Å². The maximum atomic E-state index is 13.8. The van der Waals surface area contributed by atoms with Gasteiger partial charge < -0.3 is 9.84 Å². The zero-order valence-electron chi connectivity index (χ0n) is 12.1. The second-order valence-electron chi connectivity index (χ2n) is 4.69. The van der Waals surface area contributed by atoms with E-state index >= 15 is 0 Å². The summed E-state index contributed by atoms with van der Waals surface area (Å²) in [6.45, 7) is 3.18. The van der Waals surface area contributed by atoms with Crippen LogP contribution >= 0.6 is 0 Å². The monoisotopic (exact) mass is 278 g/mol. The van der Waals surface area contributed by atoms with E-state index in [-0.39, 0.29) is 12.4 Å². The van der Waals surface area contributed by atoms with Gasteiger partial charge >= 0.3 is 0 Å². The van der Waals surface area contributed by atoms with Crippen molar-refractivity contribution in [2.45, 2.75) is 45.6 Å². The number of halogens is 1. The van der Waals surface area contributed by atoms with Gasteiger partial charge in [-0.2, -0.15) is 0 Å². The summed E-state index contributed by atoms with van der Waals surface area (Å²) in [5.74, 6) is 5.30. The van der Waals surface area contributed by atoms with E-state index in [2.05, 4.69) is 18.8 Å². The Morgan fingerprint density at radius 1 is 1.25 bits per heavy atom. The Morgan fingerprint density at radius 2 is 2.10 bits per heavy atom. The summed E-state index contributed by atoms with van der Waals surface area (Å²) in [6.07, 6.45) is 5.02. The molecule has 0 unspecified atom stereocenters. The van der Waals surface area contributed by atoms with Crippen LogP contribution in [-0.2, 0) is 11.3 Å². The van der Waals surface area contributed by atoms with Gasteiger partial charge in [0, 0.05) is 24.2 Å². The number of rotatable bonds is 8. The molecule has 1 aromatic carbocycles. The summed E-state index contributed by atoms with van der Waals surface area (Å²) in [4.78, 5) is 0. The Hall–Kier alpha value is -1.37. The largest absolute Gasteiger partial charge is 0.395 e. The zero-order chi connectivity index (χ0) is 14.6. The van der Waals surface area contributed by atoms with E-state index < -0.39 is 0 Å². The zero-order valence-corrected chi connectivity index (χ0v) is 12.1. The lowest BCUT2D eigenvalue weighted by atomic mass is 10.1. The van der Waals surface area contributed by atoms with Gasteiger partial charge in [0.05, 0.1) is 13.2 Å². The minimum atomic E-state index is -0.283. The molecule has 20 heavy (non-hydrogen) atoms. The van der Waals surface area contributed by atoms with Gasteiger partial charge in [0.25, 0.3) is 0 Å². The number of unbranched alkanes of at least 4 members (excludes halogenated alkanes) is 3. The third-order valence-corrected chi connectivity index (χ3v) is 2.92. The smallest absolute Gasteiger partial charge is 0.129 e. The van der Waals surface area contributed by atoms with E-state index in [9.17, 15) is 4.39 Å². The van der Waals surface area contributed by atoms with Gasteiger partial charge in [0.15, 0.2) is 0 Å². The summed E-state index contributed by atoms with van der Waals surface area (Å²) < 4.78 is 19.3. The average Bonchev–Trinajstić information content (AvgIpc) is 2.45. The molecule has 1 rings (SSSR count). The molecule has 1 N–H and O–H groups in total. The van der Waals surface area contributed by atoms with Crippen LogP contribution in [0.25, 0.3) is 0 Å². The molecule has 0 atom stereocenters. The first-order chi connectivity index (χ1) is 9.77. The fraction of sp³-hybridized carbons (Fsp3) is 0.529. The summed E-state index contributed by atoms with van der Waals surface area (Å²) in [5.41, 5.74) is 1.19. The molecule has 0 aromatic heterocycles. The van der Waals surface area contributed by atoms with Crippen molar-refractivity contribution in [3.63, 3.8) is 0 Å². The summed E-state index contributed by atoms with van der Waals surface area (Å²) in [6, 6.07) is 4.91. The van der Waals surface area contributed by atoms with Gasteiger partial charge in [-0.1, -0.05) is 44.1 Å². The third-order valence-electron chi connectivity index (χ3n) is 2.92. The minimum absolute atomic E-state index is 0.0272. The van der Waals surface area contributed by atoms with Gasteiger partial charge in [-0.3, -0.25) is 0 Å². The van der Waals surface area contributed by atoms with E-state index in [1.165, 1.54) is 25.3 Å². The molecule has 0 amide bonds. The van der Waals surface area contributed by atoms with Crippen LogP contribution < -0.4 is 0 Å². The molecule has 0 heterocycles. The molecule has 0 aliphatic rings. The summed E-state index contributed by atoms with van der Waals surface area (Å²) in [7, 11) is 0. The molecular weight excluding hydrogens is 255 g/mol. The number of benzene rings is 1. The fourth-order valence-electron chi connectivity index (χ4n) is 1.78. The molecule has 110 valence electrons. The van der Waals surface area contributed by atoms with Gasteiger partial charge in [-0.15, -0.1) is 0 Å². The van der Waals surface area contributed by atoms with Gasteiger partial charge in [0.1, 0.15) is 5.82 Å². The molecule has 0 saturated carbocycles. The van der Waals surface area contributed by atoms with Crippen molar-refractivity contribution in [3.05, 3.63) is 35.1 Å². The van der Waals surface area contributed by atoms with Crippen LogP contribution in [0, 0.1) is 17.7 Å². The van der Waals surface area contributed by atoms with Crippen molar-refractivity contribution < 1.29 is 14.2 Å². The molecule has 0 spiro atoms. The quantitative estimate of drug-likeness (QED) is 0.581. The fourth-order valence-corrected chi connectivity index (χ4v) is 1.78. The first-order valence-electron chi connectivity index (χ1n) is 7.23. The molecule has 0 saturated heterocycles. The van der Waals surface area contributed by atoms with Crippen molar-refractivity contribution in [1.29, 1.82) is 0 Å². The Bertz CT molecular complexity index is 446. The van der Waals surface area contributed by atoms with Crippen molar-refractivity contribution in [2.75, 3.05) is 13.2 Å². The lowest BCUT2D eigenvalue weighted by molar-refractivity contribution is 0.114. The maximum Gasteiger partial charge on any atom is 0.129 e. The lowest BCUT2D eigenvalue weighted by Gasteiger charge is -2.05. The Morgan fingerprint density at radius 3 is 2.80 bits per heavy atom. The summed E-state index contributed by atoms with van der Waals surface area (Å²) >= 11 is 0. The molecule has 1 aromatic rings. The van der Waals surface area contributed by atoms with Gasteiger partial charge in [0.2, 0.25) is 0 Å². The molecule has 0 radical (unpaired) electrons. The standard InChI is InChI=1S/C17H23FO2/c1-2-3-4-7-12-20-14-16-10-9-15(13-17(16)18)8-5-6-11-19/h9-10,13,19H,2-4,6-7,11-12,14H2,1H3. The average molecular weight is 278 g/mol. The summed E-state index contributed by atoms with van der Waals surface area (Å²) in [5, 5.41) is 8.62. The number of hydrogen-bond donors (Lipinski definition) is 1. The van der Waals surface area contributed by atoms with E-state index in [0.717, 1.165) is 6.42 Å². The van der Waals surface area contributed by atoms with Crippen LogP contribution in [0.2, 0.25) is 0 Å². The highest BCUT2D eigenvalue weighted by Crippen LogP contribution is 2.11. The molecule has 0 bridgehead atoms. The highest BCUT2D eigenvalue weighted by molar-refractivity contribution is 5.36. The first kappa shape index (κ1) is 16.7. The number of ether oxygens (including phenoxy) is 1. The van der Waals surface area contributed by atoms with Crippen LogP contribution in [0.15, 0.2) is 18.2 Å². The van der Waals surface area contributed by atoms with Crippen molar-refractivity contribution >= 4 is 0 Å². The van der Waals surface area contributed by atoms with E-state index in [0.29, 0.717) is 30.8 Å². The predicted octanol–water partition coefficient (Wildman–Crippen LogP) is 3.66. The minimum Gasteiger partial charge on any atom is -0.395 e.